The van der Waals surface area contributed by atoms with Crippen LogP contribution in [0.15, 0.2) is 12.2 Å². The SMILES string of the molecule is C#C/C=C/C. The average Bonchev–Trinajstić information content (AvgIpc) is 1.41. The minimum atomic E-state index is 1.65. The summed E-state index contributed by atoms with van der Waals surface area (Å²) in [6.07, 6.45) is 8.27. The smallest absolute Gasteiger partial charge is 0.0164 e. The molecular formula is C5H6. The third-order valence-electron chi connectivity index (χ3n) is 0.263. The Morgan fingerprint density at radius 3 is 2.40 bits per heavy atom. The van der Waals surface area contributed by atoms with Gasteiger partial charge in [-0.1, -0.05) is 12.0 Å². The Kier molecular flexibility index (Phi) is 2.84. The lowest BCUT2D eigenvalue weighted by Gasteiger charge is -1.51. The van der Waals surface area contributed by atoms with E-state index in [1.54, 1.807) is 6.08 Å². The molecule has 0 amide bonds. The summed E-state index contributed by atoms with van der Waals surface area (Å²) >= 11 is 0. The Balaban J connectivity index is 3.04. The van der Waals surface area contributed by atoms with Gasteiger partial charge in [0.2, 0.25) is 0 Å². The Hall–Kier alpha value is -0.700. The molecule has 0 unspecified atom stereocenters. The van der Waals surface area contributed by atoms with Crippen molar-refractivity contribution in [2.45, 2.75) is 6.92 Å². The topological polar surface area (TPSA) is 0 Å². The fraction of sp³-hybridized carbons (Fsp3) is 0.200. The fourth-order valence-electron chi connectivity index (χ4n) is 0.0962. The number of allylic oxidation sites excluding steroid dienone is 2. The molecule has 5 heavy (non-hydrogen) atoms. The van der Waals surface area contributed by atoms with E-state index in [0.717, 1.165) is 0 Å². The first-order chi connectivity index (χ1) is 2.41. The molecule has 0 heteroatoms. The number of hydrogen-bond acceptors (Lipinski definition) is 0. The van der Waals surface area contributed by atoms with Gasteiger partial charge in [-0.25, -0.2) is 0 Å². The second-order valence-corrected chi connectivity index (χ2v) is 0.667. The highest BCUT2D eigenvalue weighted by Gasteiger charge is 1.41. The van der Waals surface area contributed by atoms with Crippen molar-refractivity contribution in [3.05, 3.63) is 12.2 Å². The van der Waals surface area contributed by atoms with Crippen LogP contribution < -0.4 is 0 Å². The molecule has 0 N–H and O–H groups in total. The Bertz CT molecular complexity index is 62.6. The van der Waals surface area contributed by atoms with Gasteiger partial charge in [0.05, 0.1) is 0 Å². The highest BCUT2D eigenvalue weighted by Crippen LogP contribution is 1.58. The molecule has 0 heterocycles. The predicted octanol–water partition coefficient (Wildman–Crippen LogP) is 1.20. The Morgan fingerprint density at radius 1 is 1.80 bits per heavy atom. The molecule has 0 saturated carbocycles. The lowest BCUT2D eigenvalue weighted by molar-refractivity contribution is 1.76. The van der Waals surface area contributed by atoms with Crippen molar-refractivity contribution in [3.8, 4) is 12.3 Å². The van der Waals surface area contributed by atoms with Gasteiger partial charge in [-0.3, -0.25) is 0 Å². The summed E-state index contributed by atoms with van der Waals surface area (Å²) in [6.45, 7) is 1.89. The van der Waals surface area contributed by atoms with Crippen LogP contribution in [0, 0.1) is 12.3 Å². The van der Waals surface area contributed by atoms with E-state index in [0.29, 0.717) is 0 Å². The summed E-state index contributed by atoms with van der Waals surface area (Å²) < 4.78 is 0. The van der Waals surface area contributed by atoms with Gasteiger partial charge in [-0.2, -0.15) is 0 Å². The van der Waals surface area contributed by atoms with E-state index >= 15 is 0 Å². The first kappa shape index (κ1) is 4.30. The van der Waals surface area contributed by atoms with Crippen LogP contribution in [0.4, 0.5) is 0 Å². The molecule has 0 fully saturated rings. The molecule has 0 aromatic heterocycles. The normalized spacial score (nSPS) is 8.00. The molecule has 0 spiro atoms. The molecule has 0 aliphatic rings. The van der Waals surface area contributed by atoms with Crippen LogP contribution >= 0.6 is 0 Å². The molecule has 0 aliphatic carbocycles. The lowest BCUT2D eigenvalue weighted by atomic mass is 10.6. The zero-order valence-corrected chi connectivity index (χ0v) is 3.23. The van der Waals surface area contributed by atoms with E-state index in [-0.39, 0.29) is 0 Å². The van der Waals surface area contributed by atoms with E-state index in [1.807, 2.05) is 13.0 Å². The third-order valence-corrected chi connectivity index (χ3v) is 0.263. The van der Waals surface area contributed by atoms with Gasteiger partial charge in [-0.05, 0) is 13.0 Å². The van der Waals surface area contributed by atoms with Crippen molar-refractivity contribution < 1.29 is 0 Å². The number of terminal acetylenes is 1. The molecule has 0 aromatic rings. The first-order valence-electron chi connectivity index (χ1n) is 1.49. The summed E-state index contributed by atoms with van der Waals surface area (Å²) in [7, 11) is 0. The van der Waals surface area contributed by atoms with Gasteiger partial charge in [0.15, 0.2) is 0 Å². The summed E-state index contributed by atoms with van der Waals surface area (Å²) in [6, 6.07) is 0. The van der Waals surface area contributed by atoms with Crippen LogP contribution in [0.25, 0.3) is 0 Å². The quantitative estimate of drug-likeness (QED) is 0.373. The van der Waals surface area contributed by atoms with Gasteiger partial charge in [0, 0.05) is 0 Å². The van der Waals surface area contributed by atoms with E-state index in [4.69, 9.17) is 6.42 Å². The molecule has 0 aliphatic heterocycles. The first-order valence-corrected chi connectivity index (χ1v) is 1.49. The molecular weight excluding hydrogens is 60.1 g/mol. The highest BCUT2D eigenvalue weighted by atomic mass is 13.5. The molecule has 0 aromatic carbocycles. The minimum Gasteiger partial charge on any atom is -0.115 e. The number of rotatable bonds is 0. The van der Waals surface area contributed by atoms with Crippen molar-refractivity contribution in [2.75, 3.05) is 0 Å². The Labute approximate surface area is 32.5 Å². The summed E-state index contributed by atoms with van der Waals surface area (Å²) in [5.41, 5.74) is 0. The maximum Gasteiger partial charge on any atom is -0.0164 e. The number of hydrogen-bond donors (Lipinski definition) is 0. The molecule has 26 valence electrons. The highest BCUT2D eigenvalue weighted by molar-refractivity contribution is 5.07. The van der Waals surface area contributed by atoms with Crippen LogP contribution in [0.3, 0.4) is 0 Å². The Morgan fingerprint density at radius 2 is 2.40 bits per heavy atom. The molecule has 0 nitrogen and oxygen atoms in total. The van der Waals surface area contributed by atoms with Crippen molar-refractivity contribution in [2.24, 2.45) is 0 Å². The minimum absolute atomic E-state index is 1.65. The zero-order chi connectivity index (χ0) is 4.12. The van der Waals surface area contributed by atoms with E-state index < -0.39 is 0 Å². The van der Waals surface area contributed by atoms with Gasteiger partial charge in [0.1, 0.15) is 0 Å². The van der Waals surface area contributed by atoms with Crippen LogP contribution in [0.1, 0.15) is 6.92 Å². The van der Waals surface area contributed by atoms with E-state index in [1.165, 1.54) is 0 Å². The predicted molar refractivity (Wildman–Crippen MR) is 23.6 cm³/mol. The van der Waals surface area contributed by atoms with Gasteiger partial charge in [-0.15, -0.1) is 6.42 Å². The van der Waals surface area contributed by atoms with Crippen molar-refractivity contribution >= 4 is 0 Å². The lowest BCUT2D eigenvalue weighted by Crippen LogP contribution is -1.35. The second kappa shape index (κ2) is 3.30. The average molecular weight is 66.1 g/mol. The van der Waals surface area contributed by atoms with E-state index in [9.17, 15) is 0 Å². The molecule has 0 atom stereocenters. The summed E-state index contributed by atoms with van der Waals surface area (Å²) in [5.74, 6) is 2.34. The summed E-state index contributed by atoms with van der Waals surface area (Å²) in [4.78, 5) is 0. The largest absolute Gasteiger partial charge is 0.115 e. The van der Waals surface area contributed by atoms with Crippen LogP contribution in [0.2, 0.25) is 0 Å². The monoisotopic (exact) mass is 66.0 g/mol. The standard InChI is InChI=1S/C5H6/c1-3-5-4-2/h1,4-5H,2H3/b5-4+. The van der Waals surface area contributed by atoms with Crippen molar-refractivity contribution in [1.29, 1.82) is 0 Å². The van der Waals surface area contributed by atoms with Crippen LogP contribution in [-0.4, -0.2) is 0 Å². The van der Waals surface area contributed by atoms with Gasteiger partial charge < -0.3 is 0 Å². The molecule has 0 radical (unpaired) electrons. The molecule has 0 rings (SSSR count). The van der Waals surface area contributed by atoms with Crippen molar-refractivity contribution in [3.63, 3.8) is 0 Å². The van der Waals surface area contributed by atoms with Gasteiger partial charge in [0.25, 0.3) is 0 Å². The second-order valence-electron chi connectivity index (χ2n) is 0.667. The van der Waals surface area contributed by atoms with E-state index in [2.05, 4.69) is 5.92 Å². The molecule has 0 bridgehead atoms. The maximum atomic E-state index is 4.80. The zero-order valence-electron chi connectivity index (χ0n) is 3.23. The van der Waals surface area contributed by atoms with Crippen molar-refractivity contribution in [1.82, 2.24) is 0 Å². The van der Waals surface area contributed by atoms with Crippen LogP contribution in [0.5, 0.6) is 0 Å². The fourth-order valence-corrected chi connectivity index (χ4v) is 0.0962. The molecule has 0 saturated heterocycles. The van der Waals surface area contributed by atoms with Crippen LogP contribution in [-0.2, 0) is 0 Å². The third kappa shape index (κ3) is 3.30. The maximum absolute atomic E-state index is 4.80. The summed E-state index contributed by atoms with van der Waals surface area (Å²) in [5, 5.41) is 0. The van der Waals surface area contributed by atoms with Gasteiger partial charge >= 0.3 is 0 Å².